The van der Waals surface area contributed by atoms with E-state index in [0.29, 0.717) is 29.5 Å². The van der Waals surface area contributed by atoms with Crippen molar-refractivity contribution >= 4 is 52.2 Å². The standard InChI is InChI=1S/C26H26Cl2N6OS/c1-16(8-9-18(28)15-27)33-12-13-34(25(33)35)19-7-5-6-17(14-19)22-21(20-10-11-30-24(29)31-20)32-23(36-22)26(2,3)4/h5-11,14-15H,1,12-13H2,2-4H3,(H2,29,30,31). The van der Waals surface area contributed by atoms with Crippen molar-refractivity contribution in [3.05, 3.63) is 76.5 Å². The molecule has 0 radical (unpaired) electrons. The van der Waals surface area contributed by atoms with Crippen molar-refractivity contribution in [1.29, 1.82) is 0 Å². The van der Waals surface area contributed by atoms with Crippen LogP contribution in [-0.2, 0) is 5.41 Å². The van der Waals surface area contributed by atoms with Gasteiger partial charge < -0.3 is 5.73 Å². The van der Waals surface area contributed by atoms with Crippen LogP contribution in [0.1, 0.15) is 25.8 Å². The minimum atomic E-state index is -0.156. The maximum Gasteiger partial charge on any atom is 0.329 e. The van der Waals surface area contributed by atoms with E-state index < -0.39 is 0 Å². The molecule has 2 N–H and O–H groups in total. The Bertz CT molecular complexity index is 1370. The number of rotatable bonds is 6. The van der Waals surface area contributed by atoms with Crippen LogP contribution < -0.4 is 10.6 Å². The Hall–Kier alpha value is -3.20. The van der Waals surface area contributed by atoms with Gasteiger partial charge in [-0.25, -0.2) is 19.7 Å². The molecule has 3 aromatic rings. The van der Waals surface area contributed by atoms with E-state index in [1.54, 1.807) is 45.6 Å². The molecule has 3 heterocycles. The number of aromatic nitrogens is 3. The van der Waals surface area contributed by atoms with Gasteiger partial charge in [-0.1, -0.05) is 62.7 Å². The number of halogens is 2. The van der Waals surface area contributed by atoms with Gasteiger partial charge in [0.15, 0.2) is 0 Å². The number of urea groups is 1. The molecule has 0 saturated carbocycles. The molecule has 1 aliphatic heterocycles. The lowest BCUT2D eigenvalue weighted by Crippen LogP contribution is -2.30. The summed E-state index contributed by atoms with van der Waals surface area (Å²) in [6, 6.07) is 9.52. The molecule has 1 fully saturated rings. The SMILES string of the molecule is C=C(C=CC(Cl)=CCl)N1CCN(c2cccc(-c3sc(C(C)(C)C)nc3-c3ccnc(N)n3)c2)C1=O. The topological polar surface area (TPSA) is 88.2 Å². The molecular formula is C26H26Cl2N6OS. The first kappa shape index (κ1) is 25.9. The van der Waals surface area contributed by atoms with Gasteiger partial charge in [0.25, 0.3) is 0 Å². The predicted octanol–water partition coefficient (Wildman–Crippen LogP) is 6.78. The first-order valence-corrected chi connectivity index (χ1v) is 12.8. The van der Waals surface area contributed by atoms with Gasteiger partial charge in [0.1, 0.15) is 5.69 Å². The van der Waals surface area contributed by atoms with Crippen molar-refractivity contribution in [1.82, 2.24) is 19.9 Å². The van der Waals surface area contributed by atoms with Gasteiger partial charge >= 0.3 is 6.03 Å². The van der Waals surface area contributed by atoms with E-state index in [1.807, 2.05) is 24.3 Å². The Kier molecular flexibility index (Phi) is 7.49. The van der Waals surface area contributed by atoms with Gasteiger partial charge in [0.2, 0.25) is 5.95 Å². The molecule has 186 valence electrons. The van der Waals surface area contributed by atoms with Crippen LogP contribution in [0.2, 0.25) is 0 Å². The van der Waals surface area contributed by atoms with E-state index in [1.165, 1.54) is 5.54 Å². The van der Waals surface area contributed by atoms with Gasteiger partial charge in [0, 0.05) is 41.6 Å². The second kappa shape index (κ2) is 10.4. The minimum Gasteiger partial charge on any atom is -0.368 e. The van der Waals surface area contributed by atoms with Crippen molar-refractivity contribution < 1.29 is 4.79 Å². The van der Waals surface area contributed by atoms with Crippen LogP contribution in [0.25, 0.3) is 21.8 Å². The number of nitrogens with two attached hydrogens (primary N) is 1. The first-order valence-electron chi connectivity index (χ1n) is 11.2. The minimum absolute atomic E-state index is 0.144. The van der Waals surface area contributed by atoms with Crippen molar-refractivity contribution in [2.75, 3.05) is 23.7 Å². The highest BCUT2D eigenvalue weighted by molar-refractivity contribution is 7.15. The number of carbonyl (C=O) groups excluding carboxylic acids is 1. The van der Waals surface area contributed by atoms with Gasteiger partial charge in [0.05, 0.1) is 20.6 Å². The molecule has 0 atom stereocenters. The zero-order valence-electron chi connectivity index (χ0n) is 20.2. The fourth-order valence-electron chi connectivity index (χ4n) is 3.68. The van der Waals surface area contributed by atoms with Crippen LogP contribution in [0, 0.1) is 0 Å². The highest BCUT2D eigenvalue weighted by Crippen LogP contribution is 2.41. The average Bonchev–Trinajstić information content (AvgIpc) is 3.47. The number of carbonyl (C=O) groups is 1. The van der Waals surface area contributed by atoms with E-state index in [4.69, 9.17) is 33.9 Å². The molecule has 1 aliphatic rings. The molecule has 36 heavy (non-hydrogen) atoms. The van der Waals surface area contributed by atoms with Crippen LogP contribution in [-0.4, -0.2) is 39.0 Å². The Morgan fingerprint density at radius 1 is 1.19 bits per heavy atom. The molecule has 2 aromatic heterocycles. The number of nitrogens with zero attached hydrogens (tertiary/aromatic N) is 5. The second-order valence-electron chi connectivity index (χ2n) is 9.20. The number of hydrogen-bond acceptors (Lipinski definition) is 6. The van der Waals surface area contributed by atoms with Crippen molar-refractivity contribution in [3.63, 3.8) is 0 Å². The maximum absolute atomic E-state index is 13.2. The smallest absolute Gasteiger partial charge is 0.329 e. The molecule has 7 nitrogen and oxygen atoms in total. The average molecular weight is 542 g/mol. The number of benzene rings is 1. The first-order chi connectivity index (χ1) is 17.1. The number of allylic oxidation sites excluding steroid dienone is 3. The van der Waals surface area contributed by atoms with Gasteiger partial charge in [-0.3, -0.25) is 9.80 Å². The van der Waals surface area contributed by atoms with E-state index in [2.05, 4.69) is 37.3 Å². The molecule has 0 unspecified atom stereocenters. The fourth-order valence-corrected chi connectivity index (χ4v) is 4.94. The molecular weight excluding hydrogens is 515 g/mol. The van der Waals surface area contributed by atoms with Crippen molar-refractivity contribution in [2.24, 2.45) is 0 Å². The van der Waals surface area contributed by atoms with Crippen LogP contribution >= 0.6 is 34.5 Å². The third-order valence-corrected chi connectivity index (χ3v) is 7.61. The van der Waals surface area contributed by atoms with E-state index in [-0.39, 0.29) is 17.4 Å². The number of hydrogen-bond donors (Lipinski definition) is 1. The lowest BCUT2D eigenvalue weighted by Gasteiger charge is -2.19. The van der Waals surface area contributed by atoms with E-state index in [9.17, 15) is 4.79 Å². The lowest BCUT2D eigenvalue weighted by atomic mass is 9.98. The summed E-state index contributed by atoms with van der Waals surface area (Å²) in [5, 5.41) is 1.33. The number of thiazole rings is 1. The molecule has 4 rings (SSSR count). The molecule has 0 spiro atoms. The quantitative estimate of drug-likeness (QED) is 0.348. The summed E-state index contributed by atoms with van der Waals surface area (Å²) in [4.78, 5) is 30.9. The number of anilines is 2. The number of nitrogen functional groups attached to an aromatic ring is 1. The largest absolute Gasteiger partial charge is 0.368 e. The van der Waals surface area contributed by atoms with Gasteiger partial charge in [-0.05, 0) is 35.9 Å². The summed E-state index contributed by atoms with van der Waals surface area (Å²) >= 11 is 13.1. The fraction of sp³-hybridized carbons (Fsp3) is 0.231. The zero-order valence-corrected chi connectivity index (χ0v) is 22.5. The predicted molar refractivity (Wildman–Crippen MR) is 149 cm³/mol. The zero-order chi connectivity index (χ0) is 26.0. The molecule has 10 heteroatoms. The summed E-state index contributed by atoms with van der Waals surface area (Å²) in [7, 11) is 0. The second-order valence-corrected chi connectivity index (χ2v) is 10.9. The van der Waals surface area contributed by atoms with Crippen LogP contribution in [0.4, 0.5) is 16.4 Å². The van der Waals surface area contributed by atoms with Crippen LogP contribution in [0.5, 0.6) is 0 Å². The van der Waals surface area contributed by atoms with Crippen LogP contribution in [0.15, 0.2) is 71.5 Å². The Labute approximate surface area is 224 Å². The third-order valence-electron chi connectivity index (χ3n) is 5.50. The summed E-state index contributed by atoms with van der Waals surface area (Å²) in [6.07, 6.45) is 4.90. The highest BCUT2D eigenvalue weighted by Gasteiger charge is 2.31. The molecule has 2 amide bonds. The Balaban J connectivity index is 1.68. The van der Waals surface area contributed by atoms with E-state index in [0.717, 1.165) is 26.8 Å². The van der Waals surface area contributed by atoms with Gasteiger partial charge in [-0.2, -0.15) is 0 Å². The lowest BCUT2D eigenvalue weighted by molar-refractivity contribution is 0.232. The number of amides is 2. The summed E-state index contributed by atoms with van der Waals surface area (Å²) < 4.78 is 0. The summed E-state index contributed by atoms with van der Waals surface area (Å²) in [6.45, 7) is 11.4. The monoisotopic (exact) mass is 540 g/mol. The molecule has 0 aliphatic carbocycles. The Morgan fingerprint density at radius 3 is 2.67 bits per heavy atom. The third kappa shape index (κ3) is 5.46. The van der Waals surface area contributed by atoms with Crippen molar-refractivity contribution in [3.8, 4) is 21.8 Å². The molecule has 1 aromatic carbocycles. The van der Waals surface area contributed by atoms with Crippen LogP contribution in [0.3, 0.4) is 0 Å². The van der Waals surface area contributed by atoms with Gasteiger partial charge in [-0.15, -0.1) is 11.3 Å². The summed E-state index contributed by atoms with van der Waals surface area (Å²) in [5.74, 6) is 0.192. The van der Waals surface area contributed by atoms with E-state index >= 15 is 0 Å². The maximum atomic E-state index is 13.2. The highest BCUT2D eigenvalue weighted by atomic mass is 35.5. The Morgan fingerprint density at radius 2 is 1.97 bits per heavy atom. The summed E-state index contributed by atoms with van der Waals surface area (Å²) in [5.41, 5.74) is 10.6. The normalized spacial score (nSPS) is 14.8. The van der Waals surface area contributed by atoms with Crippen molar-refractivity contribution in [2.45, 2.75) is 26.2 Å². The molecule has 1 saturated heterocycles. The molecule has 0 bridgehead atoms.